The van der Waals surface area contributed by atoms with Gasteiger partial charge in [-0.05, 0) is 64.0 Å². The molecular weight excluding hydrogens is 328 g/mol. The minimum absolute atomic E-state index is 0.310. The molecule has 1 nitrogen and oxygen atoms in total. The molecule has 154 valence electrons. The number of phenols is 1. The Bertz CT molecular complexity index is 580. The van der Waals surface area contributed by atoms with Crippen molar-refractivity contribution >= 4 is 0 Å². The SMILES string of the molecule is C/C=C(\C)C1CCC(C)=CC1c1ccc(CCCCC)cc1O.CC.CC. The van der Waals surface area contributed by atoms with Crippen LogP contribution in [-0.4, -0.2) is 5.11 Å². The van der Waals surface area contributed by atoms with E-state index in [-0.39, 0.29) is 0 Å². The number of phenolic OH excluding ortho intramolecular Hbond substituents is 1. The zero-order chi connectivity index (χ0) is 20.8. The molecule has 1 N–H and O–H groups in total. The van der Waals surface area contributed by atoms with Crippen molar-refractivity contribution in [2.75, 3.05) is 0 Å². The van der Waals surface area contributed by atoms with Crippen LogP contribution in [0, 0.1) is 5.92 Å². The number of hydrogen-bond donors (Lipinski definition) is 1. The molecule has 1 aromatic carbocycles. The van der Waals surface area contributed by atoms with Crippen LogP contribution in [0.3, 0.4) is 0 Å². The summed E-state index contributed by atoms with van der Waals surface area (Å²) < 4.78 is 0. The third kappa shape index (κ3) is 7.95. The van der Waals surface area contributed by atoms with Gasteiger partial charge in [0.2, 0.25) is 0 Å². The summed E-state index contributed by atoms with van der Waals surface area (Å²) in [4.78, 5) is 0. The fourth-order valence-electron chi connectivity index (χ4n) is 3.71. The molecule has 1 aliphatic rings. The van der Waals surface area contributed by atoms with E-state index in [1.807, 2.05) is 33.8 Å². The number of hydrogen-bond acceptors (Lipinski definition) is 1. The quantitative estimate of drug-likeness (QED) is 0.391. The molecule has 0 saturated heterocycles. The van der Waals surface area contributed by atoms with E-state index in [9.17, 15) is 5.11 Å². The van der Waals surface area contributed by atoms with Crippen LogP contribution in [0.2, 0.25) is 0 Å². The Labute approximate surface area is 169 Å². The van der Waals surface area contributed by atoms with E-state index in [0.717, 1.165) is 12.0 Å². The third-order valence-corrected chi connectivity index (χ3v) is 5.31. The van der Waals surface area contributed by atoms with Gasteiger partial charge in [0.25, 0.3) is 0 Å². The van der Waals surface area contributed by atoms with Crippen molar-refractivity contribution in [1.82, 2.24) is 0 Å². The van der Waals surface area contributed by atoms with Gasteiger partial charge < -0.3 is 5.11 Å². The molecule has 2 atom stereocenters. The lowest BCUT2D eigenvalue weighted by atomic mass is 9.73. The predicted molar refractivity (Wildman–Crippen MR) is 123 cm³/mol. The molecule has 2 rings (SSSR count). The van der Waals surface area contributed by atoms with E-state index in [1.54, 1.807) is 0 Å². The second-order valence-electron chi connectivity index (χ2n) is 7.07. The molecule has 0 amide bonds. The molecule has 0 bridgehead atoms. The summed E-state index contributed by atoms with van der Waals surface area (Å²) in [6.07, 6.45) is 11.7. The second kappa shape index (κ2) is 14.5. The molecule has 27 heavy (non-hydrogen) atoms. The van der Waals surface area contributed by atoms with Crippen LogP contribution in [0.1, 0.15) is 105 Å². The highest BCUT2D eigenvalue weighted by Gasteiger charge is 2.27. The van der Waals surface area contributed by atoms with Crippen LogP contribution in [0.15, 0.2) is 41.5 Å². The maximum atomic E-state index is 10.6. The van der Waals surface area contributed by atoms with E-state index in [1.165, 1.54) is 48.8 Å². The van der Waals surface area contributed by atoms with E-state index in [2.05, 4.69) is 52.0 Å². The van der Waals surface area contributed by atoms with Crippen LogP contribution in [0.25, 0.3) is 0 Å². The zero-order valence-corrected chi connectivity index (χ0v) is 19.2. The maximum absolute atomic E-state index is 10.6. The van der Waals surface area contributed by atoms with E-state index < -0.39 is 0 Å². The summed E-state index contributed by atoms with van der Waals surface area (Å²) in [5.74, 6) is 1.30. The van der Waals surface area contributed by atoms with Gasteiger partial charge in [-0.15, -0.1) is 0 Å². The molecule has 0 aliphatic heterocycles. The van der Waals surface area contributed by atoms with Gasteiger partial charge >= 0.3 is 0 Å². The number of allylic oxidation sites excluding steroid dienone is 4. The van der Waals surface area contributed by atoms with E-state index in [4.69, 9.17) is 0 Å². The summed E-state index contributed by atoms with van der Waals surface area (Å²) in [6, 6.07) is 6.36. The first-order valence-corrected chi connectivity index (χ1v) is 11.2. The highest BCUT2D eigenvalue weighted by Crippen LogP contribution is 2.43. The molecule has 1 aliphatic carbocycles. The van der Waals surface area contributed by atoms with Crippen LogP contribution in [0.4, 0.5) is 0 Å². The number of rotatable bonds is 6. The molecule has 1 heteroatoms. The normalized spacial score (nSPS) is 19.3. The van der Waals surface area contributed by atoms with Crippen molar-refractivity contribution in [2.24, 2.45) is 5.92 Å². The molecule has 1 aromatic rings. The summed E-state index contributed by atoms with van der Waals surface area (Å²) in [5.41, 5.74) is 5.23. The lowest BCUT2D eigenvalue weighted by molar-refractivity contribution is 0.435. The number of unbranched alkanes of at least 4 members (excludes halogenated alkanes) is 2. The molecule has 0 saturated carbocycles. The number of benzene rings is 1. The van der Waals surface area contributed by atoms with Crippen molar-refractivity contribution in [3.8, 4) is 5.75 Å². The first-order valence-electron chi connectivity index (χ1n) is 11.2. The zero-order valence-electron chi connectivity index (χ0n) is 19.2. The fraction of sp³-hybridized carbons (Fsp3) is 0.615. The van der Waals surface area contributed by atoms with Gasteiger partial charge in [0.15, 0.2) is 0 Å². The maximum Gasteiger partial charge on any atom is 0.119 e. The van der Waals surface area contributed by atoms with E-state index in [0.29, 0.717) is 17.6 Å². The van der Waals surface area contributed by atoms with Crippen molar-refractivity contribution in [2.45, 2.75) is 99.8 Å². The molecule has 0 aromatic heterocycles. The van der Waals surface area contributed by atoms with Gasteiger partial charge in [-0.1, -0.05) is 82.9 Å². The van der Waals surface area contributed by atoms with Crippen molar-refractivity contribution in [3.63, 3.8) is 0 Å². The molecular formula is C26H44O. The minimum atomic E-state index is 0.310. The molecule has 0 fully saturated rings. The standard InChI is InChI=1S/C22H32O.2C2H6/c1-5-7-8-9-18-11-13-20(22(23)15-18)21-14-16(3)10-12-19(21)17(4)6-2;2*1-2/h6,11,13-15,19,21,23H,5,7-10,12H2,1-4H3;2*1-2H3/b17-6+;;. The van der Waals surface area contributed by atoms with Gasteiger partial charge in [-0.2, -0.15) is 0 Å². The van der Waals surface area contributed by atoms with Crippen molar-refractivity contribution < 1.29 is 5.11 Å². The predicted octanol–water partition coefficient (Wildman–Crippen LogP) is 8.58. The summed E-state index contributed by atoms with van der Waals surface area (Å²) in [5, 5.41) is 10.6. The first kappa shape index (κ1) is 25.5. The van der Waals surface area contributed by atoms with Gasteiger partial charge in [-0.3, -0.25) is 0 Å². The highest BCUT2D eigenvalue weighted by atomic mass is 16.3. The first-order chi connectivity index (χ1) is 13.1. The molecule has 0 heterocycles. The Morgan fingerprint density at radius 2 is 1.81 bits per heavy atom. The Morgan fingerprint density at radius 1 is 1.15 bits per heavy atom. The highest BCUT2D eigenvalue weighted by molar-refractivity contribution is 5.43. The summed E-state index contributed by atoms with van der Waals surface area (Å²) >= 11 is 0. The Balaban J connectivity index is 0.00000158. The van der Waals surface area contributed by atoms with Gasteiger partial charge in [0, 0.05) is 11.5 Å². The largest absolute Gasteiger partial charge is 0.508 e. The van der Waals surface area contributed by atoms with Crippen molar-refractivity contribution in [1.29, 1.82) is 0 Å². The van der Waals surface area contributed by atoms with Gasteiger partial charge in [0.1, 0.15) is 5.75 Å². The second-order valence-corrected chi connectivity index (χ2v) is 7.07. The molecule has 0 radical (unpaired) electrons. The minimum Gasteiger partial charge on any atom is -0.508 e. The van der Waals surface area contributed by atoms with Crippen LogP contribution in [0.5, 0.6) is 5.75 Å². The Morgan fingerprint density at radius 3 is 2.37 bits per heavy atom. The lowest BCUT2D eigenvalue weighted by Crippen LogP contribution is -2.17. The Hall–Kier alpha value is -1.50. The average molecular weight is 373 g/mol. The summed E-state index contributed by atoms with van der Waals surface area (Å²) in [6.45, 7) is 16.8. The summed E-state index contributed by atoms with van der Waals surface area (Å²) in [7, 11) is 0. The monoisotopic (exact) mass is 372 g/mol. The number of aryl methyl sites for hydroxylation is 1. The lowest BCUT2D eigenvalue weighted by Gasteiger charge is -2.31. The average Bonchev–Trinajstić information content (AvgIpc) is 2.71. The Kier molecular flexibility index (Phi) is 13.7. The van der Waals surface area contributed by atoms with Crippen LogP contribution < -0.4 is 0 Å². The van der Waals surface area contributed by atoms with Gasteiger partial charge in [0.05, 0.1) is 0 Å². The fourth-order valence-corrected chi connectivity index (χ4v) is 3.71. The smallest absolute Gasteiger partial charge is 0.119 e. The molecule has 0 spiro atoms. The van der Waals surface area contributed by atoms with Crippen LogP contribution in [-0.2, 0) is 6.42 Å². The van der Waals surface area contributed by atoms with Gasteiger partial charge in [-0.25, -0.2) is 0 Å². The molecule has 2 unspecified atom stereocenters. The van der Waals surface area contributed by atoms with Crippen molar-refractivity contribution in [3.05, 3.63) is 52.6 Å². The van der Waals surface area contributed by atoms with E-state index >= 15 is 0 Å². The third-order valence-electron chi connectivity index (χ3n) is 5.31. The topological polar surface area (TPSA) is 20.2 Å². The number of aromatic hydroxyl groups is 1. The van der Waals surface area contributed by atoms with Crippen LogP contribution >= 0.6 is 0 Å².